The summed E-state index contributed by atoms with van der Waals surface area (Å²) in [6, 6.07) is 6.43. The summed E-state index contributed by atoms with van der Waals surface area (Å²) < 4.78 is 71.2. The van der Waals surface area contributed by atoms with E-state index in [1.54, 1.807) is 24.3 Å². The van der Waals surface area contributed by atoms with Gasteiger partial charge in [-0.15, -0.1) is 0 Å². The lowest BCUT2D eigenvalue weighted by molar-refractivity contribution is -0.179. The Hall–Kier alpha value is -1.48. The van der Waals surface area contributed by atoms with Crippen LogP contribution in [-0.2, 0) is 10.1 Å². The molecule has 1 atom stereocenters. The topological polar surface area (TPSA) is 60.9 Å². The zero-order chi connectivity index (χ0) is 16.8. The highest BCUT2D eigenvalue weighted by Gasteiger charge is 2.61. The highest BCUT2D eigenvalue weighted by Crippen LogP contribution is 2.50. The number of anilines is 2. The van der Waals surface area contributed by atoms with Crippen LogP contribution in [0, 0.1) is 0 Å². The first-order valence-electron chi connectivity index (χ1n) is 6.61. The summed E-state index contributed by atoms with van der Waals surface area (Å²) in [6.45, 7) is 0.914. The molecule has 0 spiro atoms. The molecule has 0 saturated carbocycles. The fourth-order valence-electron chi connectivity index (χ4n) is 2.71. The Morgan fingerprint density at radius 2 is 1.77 bits per heavy atom. The van der Waals surface area contributed by atoms with E-state index in [9.17, 15) is 21.6 Å². The van der Waals surface area contributed by atoms with Crippen molar-refractivity contribution in [3.05, 3.63) is 24.3 Å². The number of halogens is 3. The lowest BCUT2D eigenvalue weighted by Crippen LogP contribution is -2.63. The van der Waals surface area contributed by atoms with Gasteiger partial charge >= 0.3 is 6.18 Å². The lowest BCUT2D eigenvalue weighted by atomic mass is 10.1. The third-order valence-corrected chi connectivity index (χ3v) is 4.84. The standard InChI is InChI=1S/C13H17F3N2O3S/c1-12(13(14,15)16)17(2)10-6-3-4-7-11(10)18(12)8-5-9-22(19,20)21/h3-4,6-7H,5,8-9H2,1-2H3,(H,19,20,21). The van der Waals surface area contributed by atoms with Gasteiger partial charge in [-0.25, -0.2) is 0 Å². The normalized spacial score (nSPS) is 22.1. The van der Waals surface area contributed by atoms with E-state index in [-0.39, 0.29) is 13.0 Å². The van der Waals surface area contributed by atoms with Gasteiger partial charge in [0.05, 0.1) is 17.1 Å². The largest absolute Gasteiger partial charge is 0.430 e. The monoisotopic (exact) mass is 338 g/mol. The number of benzene rings is 1. The van der Waals surface area contributed by atoms with E-state index in [4.69, 9.17) is 4.55 Å². The Balaban J connectivity index is 2.37. The van der Waals surface area contributed by atoms with E-state index >= 15 is 0 Å². The molecule has 2 rings (SSSR count). The molecule has 0 bridgehead atoms. The van der Waals surface area contributed by atoms with Crippen molar-refractivity contribution in [3.8, 4) is 0 Å². The summed E-state index contributed by atoms with van der Waals surface area (Å²) in [5, 5.41) is 0. The van der Waals surface area contributed by atoms with Crippen molar-refractivity contribution in [1.82, 2.24) is 0 Å². The lowest BCUT2D eigenvalue weighted by Gasteiger charge is -2.42. The molecule has 0 saturated heterocycles. The summed E-state index contributed by atoms with van der Waals surface area (Å²) in [7, 11) is -2.84. The average molecular weight is 338 g/mol. The minimum atomic E-state index is -4.54. The number of para-hydroxylation sites is 2. The summed E-state index contributed by atoms with van der Waals surface area (Å²) >= 11 is 0. The molecule has 1 aromatic rings. The first kappa shape index (κ1) is 16.9. The van der Waals surface area contributed by atoms with Crippen molar-refractivity contribution >= 4 is 21.5 Å². The van der Waals surface area contributed by atoms with Gasteiger partial charge in [0.1, 0.15) is 0 Å². The van der Waals surface area contributed by atoms with Crippen molar-refractivity contribution in [3.63, 3.8) is 0 Å². The third kappa shape index (κ3) is 2.74. The van der Waals surface area contributed by atoms with Crippen LogP contribution >= 0.6 is 0 Å². The number of fused-ring (bicyclic) bond motifs is 1. The van der Waals surface area contributed by atoms with E-state index in [1.165, 1.54) is 7.05 Å². The van der Waals surface area contributed by atoms with Crippen molar-refractivity contribution in [1.29, 1.82) is 0 Å². The third-order valence-electron chi connectivity index (χ3n) is 4.03. The smallest absolute Gasteiger partial charge is 0.343 e. The minimum Gasteiger partial charge on any atom is -0.343 e. The second-order valence-corrected chi connectivity index (χ2v) is 6.93. The second kappa shape index (κ2) is 5.31. The van der Waals surface area contributed by atoms with E-state index < -0.39 is 27.7 Å². The summed E-state index contributed by atoms with van der Waals surface area (Å²) in [4.78, 5) is 2.27. The molecule has 1 N–H and O–H groups in total. The molecule has 1 aliphatic rings. The van der Waals surface area contributed by atoms with Gasteiger partial charge in [0.15, 0.2) is 0 Å². The molecule has 0 amide bonds. The van der Waals surface area contributed by atoms with Crippen LogP contribution in [0.2, 0.25) is 0 Å². The molecule has 22 heavy (non-hydrogen) atoms. The Kier molecular flexibility index (Phi) is 4.07. The Bertz CT molecular complexity index is 663. The van der Waals surface area contributed by atoms with Crippen LogP contribution in [0.1, 0.15) is 13.3 Å². The molecule has 1 aromatic carbocycles. The molecule has 0 aliphatic carbocycles. The number of hydrogen-bond donors (Lipinski definition) is 1. The van der Waals surface area contributed by atoms with Gasteiger partial charge in [0.25, 0.3) is 10.1 Å². The van der Waals surface area contributed by atoms with Crippen LogP contribution in [0.3, 0.4) is 0 Å². The van der Waals surface area contributed by atoms with Crippen molar-refractivity contribution in [2.24, 2.45) is 0 Å². The van der Waals surface area contributed by atoms with Crippen LogP contribution in [0.25, 0.3) is 0 Å². The molecule has 1 unspecified atom stereocenters. The zero-order valence-corrected chi connectivity index (χ0v) is 12.9. The minimum absolute atomic E-state index is 0.104. The highest BCUT2D eigenvalue weighted by atomic mass is 32.2. The highest BCUT2D eigenvalue weighted by molar-refractivity contribution is 7.85. The first-order valence-corrected chi connectivity index (χ1v) is 8.22. The summed E-state index contributed by atoms with van der Waals surface area (Å²) in [5.74, 6) is -0.580. The van der Waals surface area contributed by atoms with E-state index in [1.807, 2.05) is 0 Å². The molecule has 9 heteroatoms. The van der Waals surface area contributed by atoms with Crippen LogP contribution in [-0.4, -0.2) is 44.2 Å². The SMILES string of the molecule is CN1c2ccccc2N(CCCS(=O)(=O)O)C1(C)C(F)(F)F. The van der Waals surface area contributed by atoms with Crippen LogP contribution in [0.15, 0.2) is 24.3 Å². The van der Waals surface area contributed by atoms with Gasteiger partial charge in [-0.2, -0.15) is 21.6 Å². The maximum atomic E-state index is 13.6. The maximum absolute atomic E-state index is 13.6. The molecular formula is C13H17F3N2O3S. The first-order chi connectivity index (χ1) is 9.98. The van der Waals surface area contributed by atoms with E-state index in [0.29, 0.717) is 11.4 Å². The average Bonchev–Trinajstić information content (AvgIpc) is 2.60. The number of alkyl halides is 3. The van der Waals surface area contributed by atoms with Crippen LogP contribution < -0.4 is 9.80 Å². The zero-order valence-electron chi connectivity index (χ0n) is 12.1. The fourth-order valence-corrected chi connectivity index (χ4v) is 3.21. The number of nitrogens with zero attached hydrogens (tertiary/aromatic N) is 2. The van der Waals surface area contributed by atoms with Crippen molar-refractivity contribution in [2.45, 2.75) is 25.2 Å². The van der Waals surface area contributed by atoms with Gasteiger partial charge < -0.3 is 9.80 Å². The molecule has 0 radical (unpaired) electrons. The van der Waals surface area contributed by atoms with E-state index in [2.05, 4.69) is 0 Å². The van der Waals surface area contributed by atoms with Gasteiger partial charge in [0, 0.05) is 13.6 Å². The Labute approximate surface area is 127 Å². The quantitative estimate of drug-likeness (QED) is 0.855. The van der Waals surface area contributed by atoms with Gasteiger partial charge in [-0.3, -0.25) is 4.55 Å². The maximum Gasteiger partial charge on any atom is 0.430 e. The van der Waals surface area contributed by atoms with E-state index in [0.717, 1.165) is 16.7 Å². The predicted molar refractivity (Wildman–Crippen MR) is 77.7 cm³/mol. The second-order valence-electron chi connectivity index (χ2n) is 5.36. The molecule has 1 heterocycles. The molecule has 5 nitrogen and oxygen atoms in total. The number of rotatable bonds is 4. The van der Waals surface area contributed by atoms with Crippen molar-refractivity contribution in [2.75, 3.05) is 29.1 Å². The Morgan fingerprint density at radius 3 is 2.27 bits per heavy atom. The summed E-state index contributed by atoms with van der Waals surface area (Å²) in [5.41, 5.74) is -1.45. The molecule has 0 aromatic heterocycles. The fraction of sp³-hybridized carbons (Fsp3) is 0.538. The molecule has 1 aliphatic heterocycles. The van der Waals surface area contributed by atoms with Gasteiger partial charge in [-0.05, 0) is 25.5 Å². The van der Waals surface area contributed by atoms with Gasteiger partial charge in [-0.1, -0.05) is 12.1 Å². The molecule has 124 valence electrons. The Morgan fingerprint density at radius 1 is 1.23 bits per heavy atom. The van der Waals surface area contributed by atoms with Crippen LogP contribution in [0.5, 0.6) is 0 Å². The summed E-state index contributed by atoms with van der Waals surface area (Å²) in [6.07, 6.45) is -4.65. The van der Waals surface area contributed by atoms with Crippen molar-refractivity contribution < 1.29 is 26.1 Å². The number of hydrogen-bond acceptors (Lipinski definition) is 4. The van der Waals surface area contributed by atoms with Gasteiger partial charge in [0.2, 0.25) is 5.66 Å². The molecule has 0 fully saturated rings. The van der Waals surface area contributed by atoms with Crippen LogP contribution in [0.4, 0.5) is 24.5 Å². The molecular weight excluding hydrogens is 321 g/mol. The predicted octanol–water partition coefficient (Wildman–Crippen LogP) is 2.50.